The summed E-state index contributed by atoms with van der Waals surface area (Å²) >= 11 is 1.69. The molecule has 0 amide bonds. The largest absolute Gasteiger partial charge is 0.304 e. The van der Waals surface area contributed by atoms with Crippen LogP contribution in [0.15, 0.2) is 17.5 Å². The lowest BCUT2D eigenvalue weighted by atomic mass is 9.84. The highest BCUT2D eigenvalue weighted by Crippen LogP contribution is 2.33. The Labute approximate surface area is 106 Å². The van der Waals surface area contributed by atoms with Gasteiger partial charge in [-0.3, -0.25) is 4.79 Å². The number of rotatable bonds is 3. The normalized spacial score (nSPS) is 32.4. The molecule has 2 nitrogen and oxygen atoms in total. The molecule has 3 heteroatoms. The highest BCUT2D eigenvalue weighted by Gasteiger charge is 2.37. The summed E-state index contributed by atoms with van der Waals surface area (Å²) in [5, 5.41) is 5.61. The first-order valence-electron chi connectivity index (χ1n) is 6.64. The molecule has 1 aromatic rings. The van der Waals surface area contributed by atoms with Crippen LogP contribution in [-0.2, 0) is 11.2 Å². The molecule has 2 heterocycles. The van der Waals surface area contributed by atoms with Crippen LogP contribution in [0, 0.1) is 5.92 Å². The van der Waals surface area contributed by atoms with Gasteiger partial charge in [0.2, 0.25) is 0 Å². The fourth-order valence-electron chi connectivity index (χ4n) is 3.27. The number of Topliss-reactive ketones (excluding diaryl/α,β-unsaturated/α-hetero) is 1. The molecule has 1 aliphatic carbocycles. The second-order valence-corrected chi connectivity index (χ2v) is 6.36. The molecule has 1 N–H and O–H groups in total. The van der Waals surface area contributed by atoms with Gasteiger partial charge in [-0.25, -0.2) is 0 Å². The van der Waals surface area contributed by atoms with E-state index in [4.69, 9.17) is 0 Å². The van der Waals surface area contributed by atoms with Crippen molar-refractivity contribution in [2.24, 2.45) is 5.92 Å². The Hall–Kier alpha value is -0.670. The molecule has 92 valence electrons. The van der Waals surface area contributed by atoms with Gasteiger partial charge in [-0.1, -0.05) is 18.9 Å². The summed E-state index contributed by atoms with van der Waals surface area (Å²) in [6.07, 6.45) is 6.98. The van der Waals surface area contributed by atoms with E-state index in [0.717, 1.165) is 12.3 Å². The number of ketones is 1. The Morgan fingerprint density at radius 1 is 1.41 bits per heavy atom. The second-order valence-electron chi connectivity index (χ2n) is 5.33. The van der Waals surface area contributed by atoms with Gasteiger partial charge in [-0.05, 0) is 36.6 Å². The quantitative estimate of drug-likeness (QED) is 0.892. The van der Waals surface area contributed by atoms with Gasteiger partial charge in [0.1, 0.15) is 0 Å². The first kappa shape index (κ1) is 11.4. The van der Waals surface area contributed by atoms with E-state index in [1.54, 1.807) is 11.3 Å². The minimum absolute atomic E-state index is 0.130. The number of carbonyl (C=O) groups is 1. The molecule has 0 radical (unpaired) electrons. The maximum Gasteiger partial charge on any atom is 0.154 e. The summed E-state index contributed by atoms with van der Waals surface area (Å²) in [4.78, 5) is 13.4. The van der Waals surface area contributed by atoms with E-state index in [1.165, 1.54) is 30.6 Å². The van der Waals surface area contributed by atoms with Crippen molar-refractivity contribution < 1.29 is 4.79 Å². The molecule has 1 aromatic heterocycles. The van der Waals surface area contributed by atoms with Gasteiger partial charge in [-0.15, -0.1) is 11.3 Å². The van der Waals surface area contributed by atoms with Gasteiger partial charge < -0.3 is 5.32 Å². The van der Waals surface area contributed by atoms with Crippen molar-refractivity contribution in [1.29, 1.82) is 0 Å². The molecule has 1 aliphatic heterocycles. The molecular formula is C14H19NOS. The Balaban J connectivity index is 1.60. The van der Waals surface area contributed by atoms with Crippen LogP contribution in [0.5, 0.6) is 0 Å². The lowest BCUT2D eigenvalue weighted by molar-refractivity contribution is -0.120. The maximum atomic E-state index is 12.2. The first-order chi connectivity index (χ1) is 8.33. The van der Waals surface area contributed by atoms with Crippen molar-refractivity contribution in [3.8, 4) is 0 Å². The average Bonchev–Trinajstić information content (AvgIpc) is 2.96. The predicted molar refractivity (Wildman–Crippen MR) is 70.3 cm³/mol. The number of carbonyl (C=O) groups excluding carboxylic acids is 1. The van der Waals surface area contributed by atoms with Crippen LogP contribution in [0.2, 0.25) is 0 Å². The van der Waals surface area contributed by atoms with Crippen molar-refractivity contribution in [2.45, 2.75) is 50.6 Å². The molecule has 3 atom stereocenters. The van der Waals surface area contributed by atoms with Crippen LogP contribution in [0.4, 0.5) is 0 Å². The third-order valence-electron chi connectivity index (χ3n) is 4.18. The van der Waals surface area contributed by atoms with E-state index in [1.807, 2.05) is 11.4 Å². The van der Waals surface area contributed by atoms with Crippen LogP contribution in [0.25, 0.3) is 0 Å². The van der Waals surface area contributed by atoms with Crippen LogP contribution < -0.4 is 5.32 Å². The molecular weight excluding hydrogens is 230 g/mol. The van der Waals surface area contributed by atoms with Crippen LogP contribution >= 0.6 is 11.3 Å². The monoisotopic (exact) mass is 249 g/mol. The minimum Gasteiger partial charge on any atom is -0.304 e. The fourth-order valence-corrected chi connectivity index (χ4v) is 3.99. The van der Waals surface area contributed by atoms with Crippen molar-refractivity contribution in [3.05, 3.63) is 22.4 Å². The van der Waals surface area contributed by atoms with Gasteiger partial charge in [0.15, 0.2) is 5.78 Å². The van der Waals surface area contributed by atoms with Crippen LogP contribution in [0.3, 0.4) is 0 Å². The number of hydrogen-bond donors (Lipinski definition) is 1. The second kappa shape index (κ2) is 4.91. The SMILES string of the molecule is O=C(Cc1cccs1)C1CC2CCCCC2N1. The minimum atomic E-state index is 0.130. The molecule has 1 saturated heterocycles. The van der Waals surface area contributed by atoms with E-state index < -0.39 is 0 Å². The van der Waals surface area contributed by atoms with Crippen molar-refractivity contribution >= 4 is 17.1 Å². The smallest absolute Gasteiger partial charge is 0.154 e. The standard InChI is InChI=1S/C14H19NOS/c16-14(9-11-5-3-7-17-11)13-8-10-4-1-2-6-12(10)15-13/h3,5,7,10,12-13,15H,1-2,4,6,8-9H2. The topological polar surface area (TPSA) is 29.1 Å². The van der Waals surface area contributed by atoms with E-state index in [-0.39, 0.29) is 6.04 Å². The van der Waals surface area contributed by atoms with E-state index in [9.17, 15) is 4.79 Å². The lowest BCUT2D eigenvalue weighted by Crippen LogP contribution is -2.37. The molecule has 0 aromatic carbocycles. The zero-order valence-corrected chi connectivity index (χ0v) is 10.8. The van der Waals surface area contributed by atoms with Gasteiger partial charge in [-0.2, -0.15) is 0 Å². The Morgan fingerprint density at radius 2 is 2.29 bits per heavy atom. The number of hydrogen-bond acceptors (Lipinski definition) is 3. The molecule has 0 spiro atoms. The Kier molecular flexibility index (Phi) is 3.30. The van der Waals surface area contributed by atoms with Gasteiger partial charge in [0.25, 0.3) is 0 Å². The summed E-state index contributed by atoms with van der Waals surface area (Å²) in [5.41, 5.74) is 0. The van der Waals surface area contributed by atoms with E-state index in [0.29, 0.717) is 18.2 Å². The highest BCUT2D eigenvalue weighted by atomic mass is 32.1. The molecule has 3 unspecified atom stereocenters. The summed E-state index contributed by atoms with van der Waals surface area (Å²) in [7, 11) is 0. The zero-order valence-electron chi connectivity index (χ0n) is 10.0. The Morgan fingerprint density at radius 3 is 3.06 bits per heavy atom. The Bertz CT molecular complexity index is 373. The van der Waals surface area contributed by atoms with Gasteiger partial charge in [0.05, 0.1) is 6.04 Å². The van der Waals surface area contributed by atoms with Crippen molar-refractivity contribution in [2.75, 3.05) is 0 Å². The number of nitrogens with one attached hydrogen (secondary N) is 1. The molecule has 1 saturated carbocycles. The predicted octanol–water partition coefficient (Wildman–Crippen LogP) is 2.78. The summed E-state index contributed by atoms with van der Waals surface area (Å²) in [6, 6.07) is 4.84. The zero-order chi connectivity index (χ0) is 11.7. The maximum absolute atomic E-state index is 12.2. The lowest BCUT2D eigenvalue weighted by Gasteiger charge is -2.24. The first-order valence-corrected chi connectivity index (χ1v) is 7.52. The molecule has 2 fully saturated rings. The fraction of sp³-hybridized carbons (Fsp3) is 0.643. The van der Waals surface area contributed by atoms with Crippen LogP contribution in [0.1, 0.15) is 37.0 Å². The highest BCUT2D eigenvalue weighted by molar-refractivity contribution is 7.10. The third kappa shape index (κ3) is 2.45. The molecule has 2 aliphatic rings. The third-order valence-corrected chi connectivity index (χ3v) is 5.06. The number of thiophene rings is 1. The van der Waals surface area contributed by atoms with E-state index >= 15 is 0 Å². The molecule has 17 heavy (non-hydrogen) atoms. The van der Waals surface area contributed by atoms with Crippen molar-refractivity contribution in [3.63, 3.8) is 0 Å². The average molecular weight is 249 g/mol. The number of fused-ring (bicyclic) bond motifs is 1. The summed E-state index contributed by atoms with van der Waals surface area (Å²) < 4.78 is 0. The van der Waals surface area contributed by atoms with Gasteiger partial charge in [0, 0.05) is 17.3 Å². The van der Waals surface area contributed by atoms with E-state index in [2.05, 4.69) is 11.4 Å². The van der Waals surface area contributed by atoms with Crippen molar-refractivity contribution in [1.82, 2.24) is 5.32 Å². The molecule has 0 bridgehead atoms. The van der Waals surface area contributed by atoms with Crippen LogP contribution in [-0.4, -0.2) is 17.9 Å². The van der Waals surface area contributed by atoms with Gasteiger partial charge >= 0.3 is 0 Å². The molecule has 3 rings (SSSR count). The summed E-state index contributed by atoms with van der Waals surface area (Å²) in [5.74, 6) is 1.16. The summed E-state index contributed by atoms with van der Waals surface area (Å²) in [6.45, 7) is 0.